The summed E-state index contributed by atoms with van der Waals surface area (Å²) < 4.78 is 16.0. The molecule has 0 heterocycles. The zero-order valence-electron chi connectivity index (χ0n) is 12.1. The van der Waals surface area contributed by atoms with E-state index in [1.54, 1.807) is 21.3 Å². The van der Waals surface area contributed by atoms with Gasteiger partial charge in [0.05, 0.1) is 21.3 Å². The molecule has 0 radical (unpaired) electrons. The Morgan fingerprint density at radius 3 is 1.89 bits per heavy atom. The fourth-order valence-corrected chi connectivity index (χ4v) is 1.99. The predicted octanol–water partition coefficient (Wildman–Crippen LogP) is 3.69. The molecular formula is C15H24O3. The fourth-order valence-electron chi connectivity index (χ4n) is 1.99. The van der Waals surface area contributed by atoms with E-state index in [1.807, 2.05) is 12.1 Å². The maximum absolute atomic E-state index is 5.34. The number of benzene rings is 1. The Labute approximate surface area is 110 Å². The second kappa shape index (κ2) is 7.14. The summed E-state index contributed by atoms with van der Waals surface area (Å²) in [4.78, 5) is 0. The highest BCUT2D eigenvalue weighted by Gasteiger charge is 2.12. The fraction of sp³-hybridized carbons (Fsp3) is 0.600. The molecule has 3 nitrogen and oxygen atoms in total. The third kappa shape index (κ3) is 3.83. The van der Waals surface area contributed by atoms with Gasteiger partial charge in [-0.15, -0.1) is 0 Å². The van der Waals surface area contributed by atoms with Crippen molar-refractivity contribution in [3.05, 3.63) is 17.7 Å². The van der Waals surface area contributed by atoms with Crippen molar-refractivity contribution in [1.82, 2.24) is 0 Å². The molecule has 0 atom stereocenters. The van der Waals surface area contributed by atoms with Crippen LogP contribution in [-0.2, 0) is 6.42 Å². The normalized spacial score (nSPS) is 10.6. The van der Waals surface area contributed by atoms with Gasteiger partial charge in [0.2, 0.25) is 5.75 Å². The van der Waals surface area contributed by atoms with Gasteiger partial charge in [-0.1, -0.05) is 20.3 Å². The lowest BCUT2D eigenvalue weighted by molar-refractivity contribution is 0.323. The van der Waals surface area contributed by atoms with Gasteiger partial charge >= 0.3 is 0 Å². The highest BCUT2D eigenvalue weighted by Crippen LogP contribution is 2.38. The predicted molar refractivity (Wildman–Crippen MR) is 73.9 cm³/mol. The summed E-state index contributed by atoms with van der Waals surface area (Å²) in [6.45, 7) is 4.49. The van der Waals surface area contributed by atoms with Crippen molar-refractivity contribution in [1.29, 1.82) is 0 Å². The summed E-state index contributed by atoms with van der Waals surface area (Å²) in [5.74, 6) is 2.87. The van der Waals surface area contributed by atoms with Crippen molar-refractivity contribution in [2.75, 3.05) is 21.3 Å². The standard InChI is InChI=1S/C15H24O3/c1-11(2)7-6-8-12-9-13(16-3)15(18-5)14(10-12)17-4/h9-11H,6-8H2,1-5H3. The molecule has 0 aromatic heterocycles. The summed E-state index contributed by atoms with van der Waals surface area (Å²) in [5, 5.41) is 0. The molecule has 18 heavy (non-hydrogen) atoms. The maximum Gasteiger partial charge on any atom is 0.203 e. The molecule has 0 aliphatic carbocycles. The van der Waals surface area contributed by atoms with Crippen LogP contribution in [0.3, 0.4) is 0 Å². The molecule has 0 fully saturated rings. The van der Waals surface area contributed by atoms with E-state index >= 15 is 0 Å². The van der Waals surface area contributed by atoms with Gasteiger partial charge in [-0.3, -0.25) is 0 Å². The van der Waals surface area contributed by atoms with Crippen LogP contribution in [0.2, 0.25) is 0 Å². The third-order valence-corrected chi connectivity index (χ3v) is 2.97. The highest BCUT2D eigenvalue weighted by molar-refractivity contribution is 5.53. The van der Waals surface area contributed by atoms with Crippen molar-refractivity contribution < 1.29 is 14.2 Å². The van der Waals surface area contributed by atoms with E-state index in [0.717, 1.165) is 23.8 Å². The first kappa shape index (κ1) is 14.7. The van der Waals surface area contributed by atoms with Crippen LogP contribution in [0.15, 0.2) is 12.1 Å². The second-order valence-corrected chi connectivity index (χ2v) is 4.82. The third-order valence-electron chi connectivity index (χ3n) is 2.97. The molecule has 0 aliphatic rings. The Kier molecular flexibility index (Phi) is 5.83. The van der Waals surface area contributed by atoms with Gasteiger partial charge < -0.3 is 14.2 Å². The van der Waals surface area contributed by atoms with Crippen molar-refractivity contribution in [3.63, 3.8) is 0 Å². The van der Waals surface area contributed by atoms with Gasteiger partial charge in [0.25, 0.3) is 0 Å². The lowest BCUT2D eigenvalue weighted by Crippen LogP contribution is -1.98. The number of methoxy groups -OCH3 is 3. The second-order valence-electron chi connectivity index (χ2n) is 4.82. The van der Waals surface area contributed by atoms with E-state index in [2.05, 4.69) is 13.8 Å². The van der Waals surface area contributed by atoms with Crippen molar-refractivity contribution in [3.8, 4) is 17.2 Å². The van der Waals surface area contributed by atoms with Crippen LogP contribution in [0, 0.1) is 5.92 Å². The van der Waals surface area contributed by atoms with Gasteiger partial charge in [-0.05, 0) is 36.5 Å². The Bertz CT molecular complexity index is 347. The van der Waals surface area contributed by atoms with E-state index in [9.17, 15) is 0 Å². The molecule has 0 unspecified atom stereocenters. The molecule has 0 saturated heterocycles. The van der Waals surface area contributed by atoms with E-state index in [1.165, 1.54) is 18.4 Å². The molecule has 1 rings (SSSR count). The minimum atomic E-state index is 0.660. The largest absolute Gasteiger partial charge is 0.493 e. The Morgan fingerprint density at radius 1 is 0.944 bits per heavy atom. The van der Waals surface area contributed by atoms with Crippen LogP contribution in [0.1, 0.15) is 32.3 Å². The van der Waals surface area contributed by atoms with Crippen LogP contribution in [0.25, 0.3) is 0 Å². The van der Waals surface area contributed by atoms with Gasteiger partial charge in [0, 0.05) is 0 Å². The monoisotopic (exact) mass is 252 g/mol. The summed E-state index contributed by atoms with van der Waals surface area (Å²) >= 11 is 0. The van der Waals surface area contributed by atoms with Crippen molar-refractivity contribution in [2.24, 2.45) is 5.92 Å². The van der Waals surface area contributed by atoms with Crippen LogP contribution in [0.5, 0.6) is 17.2 Å². The molecule has 0 aliphatic heterocycles. The Balaban J connectivity index is 2.86. The molecule has 0 saturated carbocycles. The number of rotatable bonds is 7. The van der Waals surface area contributed by atoms with Crippen molar-refractivity contribution in [2.45, 2.75) is 33.1 Å². The molecule has 0 bridgehead atoms. The summed E-state index contributed by atoms with van der Waals surface area (Å²) in [5.41, 5.74) is 1.23. The topological polar surface area (TPSA) is 27.7 Å². The maximum atomic E-state index is 5.34. The number of aryl methyl sites for hydroxylation is 1. The van der Waals surface area contributed by atoms with Crippen LogP contribution >= 0.6 is 0 Å². The van der Waals surface area contributed by atoms with Gasteiger partial charge in [0.15, 0.2) is 11.5 Å². The summed E-state index contributed by atoms with van der Waals surface area (Å²) in [6, 6.07) is 4.06. The van der Waals surface area contributed by atoms with Gasteiger partial charge in [-0.2, -0.15) is 0 Å². The smallest absolute Gasteiger partial charge is 0.203 e. The molecule has 1 aromatic rings. The molecular weight excluding hydrogens is 228 g/mol. The van der Waals surface area contributed by atoms with Gasteiger partial charge in [0.1, 0.15) is 0 Å². The van der Waals surface area contributed by atoms with Crippen LogP contribution in [-0.4, -0.2) is 21.3 Å². The Morgan fingerprint density at radius 2 is 1.50 bits per heavy atom. The minimum absolute atomic E-state index is 0.660. The van der Waals surface area contributed by atoms with Crippen LogP contribution in [0.4, 0.5) is 0 Å². The number of hydrogen-bond donors (Lipinski definition) is 0. The van der Waals surface area contributed by atoms with Gasteiger partial charge in [-0.25, -0.2) is 0 Å². The average Bonchev–Trinajstić information content (AvgIpc) is 2.36. The first-order chi connectivity index (χ1) is 8.62. The molecule has 0 N–H and O–H groups in total. The van der Waals surface area contributed by atoms with E-state index < -0.39 is 0 Å². The van der Waals surface area contributed by atoms with E-state index in [0.29, 0.717) is 5.75 Å². The quantitative estimate of drug-likeness (QED) is 0.740. The number of ether oxygens (including phenoxy) is 3. The van der Waals surface area contributed by atoms with Crippen LogP contribution < -0.4 is 14.2 Å². The first-order valence-electron chi connectivity index (χ1n) is 6.41. The summed E-state index contributed by atoms with van der Waals surface area (Å²) in [6.07, 6.45) is 3.45. The zero-order valence-corrected chi connectivity index (χ0v) is 12.1. The molecule has 0 spiro atoms. The SMILES string of the molecule is COc1cc(CCCC(C)C)cc(OC)c1OC. The lowest BCUT2D eigenvalue weighted by Gasteiger charge is -2.14. The molecule has 3 heteroatoms. The lowest BCUT2D eigenvalue weighted by atomic mass is 10.0. The minimum Gasteiger partial charge on any atom is -0.493 e. The number of hydrogen-bond acceptors (Lipinski definition) is 3. The van der Waals surface area contributed by atoms with E-state index in [4.69, 9.17) is 14.2 Å². The molecule has 0 amide bonds. The molecule has 102 valence electrons. The highest BCUT2D eigenvalue weighted by atomic mass is 16.5. The Hall–Kier alpha value is -1.38. The van der Waals surface area contributed by atoms with E-state index in [-0.39, 0.29) is 0 Å². The molecule has 1 aromatic carbocycles. The summed E-state index contributed by atoms with van der Waals surface area (Å²) in [7, 11) is 4.92. The first-order valence-corrected chi connectivity index (χ1v) is 6.41. The zero-order chi connectivity index (χ0) is 13.5. The average molecular weight is 252 g/mol. The van der Waals surface area contributed by atoms with Crippen molar-refractivity contribution >= 4 is 0 Å².